The Morgan fingerprint density at radius 2 is 2.00 bits per heavy atom. The number of nitriles is 1. The van der Waals surface area contributed by atoms with Crippen molar-refractivity contribution in [2.75, 3.05) is 5.75 Å². The van der Waals surface area contributed by atoms with Crippen molar-refractivity contribution < 1.29 is 14.7 Å². The van der Waals surface area contributed by atoms with E-state index in [2.05, 4.69) is 11.4 Å². The molecular weight excluding hydrogens is 300 g/mol. The summed E-state index contributed by atoms with van der Waals surface area (Å²) in [5.74, 6) is -0.531. The van der Waals surface area contributed by atoms with E-state index < -0.39 is 12.0 Å². The molecule has 0 bridgehead atoms. The molecule has 22 heavy (non-hydrogen) atoms. The first-order valence-corrected chi connectivity index (χ1v) is 8.22. The number of thioether (sulfide) groups is 1. The number of benzene rings is 1. The Hall–Kier alpha value is -2.00. The minimum atomic E-state index is -1.00. The van der Waals surface area contributed by atoms with Gasteiger partial charge >= 0.3 is 5.97 Å². The number of carbonyl (C=O) groups is 2. The quantitative estimate of drug-likeness (QED) is 0.767. The van der Waals surface area contributed by atoms with E-state index in [1.807, 2.05) is 26.0 Å². The van der Waals surface area contributed by atoms with E-state index in [4.69, 9.17) is 10.4 Å². The number of hydrogen-bond donors (Lipinski definition) is 2. The van der Waals surface area contributed by atoms with Gasteiger partial charge < -0.3 is 10.4 Å². The van der Waals surface area contributed by atoms with Gasteiger partial charge in [-0.3, -0.25) is 4.79 Å². The standard InChI is InChI=1S/C16H20N2O3S/c1-3-11(2)15(16(20)21)18-14(19)10-22-9-13-6-4-12(8-17)5-7-13/h4-7,11,15H,3,9-10H2,1-2H3,(H,18,19)(H,20,21). The Morgan fingerprint density at radius 3 is 2.50 bits per heavy atom. The first-order chi connectivity index (χ1) is 10.5. The number of aliphatic carboxylic acids is 1. The number of carbonyl (C=O) groups excluding carboxylic acids is 1. The van der Waals surface area contributed by atoms with Crippen molar-refractivity contribution >= 4 is 23.6 Å². The van der Waals surface area contributed by atoms with Gasteiger partial charge in [0.1, 0.15) is 6.04 Å². The topological polar surface area (TPSA) is 90.2 Å². The highest BCUT2D eigenvalue weighted by molar-refractivity contribution is 7.99. The van der Waals surface area contributed by atoms with Crippen LogP contribution in [-0.2, 0) is 15.3 Å². The molecule has 1 amide bonds. The van der Waals surface area contributed by atoms with Gasteiger partial charge in [-0.05, 0) is 23.6 Å². The van der Waals surface area contributed by atoms with Crippen molar-refractivity contribution in [3.8, 4) is 6.07 Å². The Morgan fingerprint density at radius 1 is 1.36 bits per heavy atom. The zero-order valence-electron chi connectivity index (χ0n) is 12.7. The summed E-state index contributed by atoms with van der Waals surface area (Å²) >= 11 is 1.41. The van der Waals surface area contributed by atoms with Gasteiger partial charge in [-0.2, -0.15) is 5.26 Å². The fourth-order valence-electron chi connectivity index (χ4n) is 1.84. The molecule has 5 nitrogen and oxygen atoms in total. The van der Waals surface area contributed by atoms with Crippen LogP contribution in [0.15, 0.2) is 24.3 Å². The molecule has 0 spiro atoms. The lowest BCUT2D eigenvalue weighted by atomic mass is 9.99. The van der Waals surface area contributed by atoms with Crippen molar-refractivity contribution in [1.29, 1.82) is 5.26 Å². The molecule has 1 rings (SSSR count). The fourth-order valence-corrected chi connectivity index (χ4v) is 2.63. The van der Waals surface area contributed by atoms with Crippen LogP contribution in [0.25, 0.3) is 0 Å². The van der Waals surface area contributed by atoms with Gasteiger partial charge in [-0.25, -0.2) is 4.79 Å². The predicted octanol–water partition coefficient (Wildman–Crippen LogP) is 2.41. The van der Waals surface area contributed by atoms with Crippen LogP contribution in [0.1, 0.15) is 31.4 Å². The van der Waals surface area contributed by atoms with Crippen LogP contribution in [0.3, 0.4) is 0 Å². The Labute approximate surface area is 134 Å². The lowest BCUT2D eigenvalue weighted by Crippen LogP contribution is -2.45. The van der Waals surface area contributed by atoms with Gasteiger partial charge in [-0.15, -0.1) is 11.8 Å². The Balaban J connectivity index is 2.41. The molecule has 0 aliphatic carbocycles. The van der Waals surface area contributed by atoms with Crippen molar-refractivity contribution in [3.63, 3.8) is 0 Å². The molecule has 1 aromatic rings. The maximum atomic E-state index is 11.8. The predicted molar refractivity (Wildman–Crippen MR) is 86.3 cm³/mol. The SMILES string of the molecule is CCC(C)C(NC(=O)CSCc1ccc(C#N)cc1)C(=O)O. The lowest BCUT2D eigenvalue weighted by Gasteiger charge is -2.19. The molecule has 2 N–H and O–H groups in total. The number of nitrogens with zero attached hydrogens (tertiary/aromatic N) is 1. The first-order valence-electron chi connectivity index (χ1n) is 7.06. The zero-order valence-corrected chi connectivity index (χ0v) is 13.5. The van der Waals surface area contributed by atoms with Crippen LogP contribution in [0, 0.1) is 17.2 Å². The molecule has 0 fully saturated rings. The van der Waals surface area contributed by atoms with Crippen LogP contribution in [0.4, 0.5) is 0 Å². The Kier molecular flexibility index (Phi) is 7.47. The van der Waals surface area contributed by atoms with Gasteiger partial charge in [-0.1, -0.05) is 32.4 Å². The maximum absolute atomic E-state index is 11.8. The van der Waals surface area contributed by atoms with Crippen molar-refractivity contribution in [2.24, 2.45) is 5.92 Å². The summed E-state index contributed by atoms with van der Waals surface area (Å²) in [6.07, 6.45) is 0.690. The summed E-state index contributed by atoms with van der Waals surface area (Å²) in [6, 6.07) is 8.38. The van der Waals surface area contributed by atoms with E-state index >= 15 is 0 Å². The summed E-state index contributed by atoms with van der Waals surface area (Å²) in [7, 11) is 0. The van der Waals surface area contributed by atoms with Crippen LogP contribution >= 0.6 is 11.8 Å². The van der Waals surface area contributed by atoms with E-state index in [-0.39, 0.29) is 17.6 Å². The smallest absolute Gasteiger partial charge is 0.326 e. The van der Waals surface area contributed by atoms with Crippen molar-refractivity contribution in [3.05, 3.63) is 35.4 Å². The molecule has 2 unspecified atom stereocenters. The first kappa shape index (κ1) is 18.1. The normalized spacial score (nSPS) is 13.0. The second kappa shape index (κ2) is 9.11. The van der Waals surface area contributed by atoms with Gasteiger partial charge in [0.2, 0.25) is 5.91 Å². The minimum Gasteiger partial charge on any atom is -0.480 e. The maximum Gasteiger partial charge on any atom is 0.326 e. The average Bonchev–Trinajstić information content (AvgIpc) is 2.52. The number of rotatable bonds is 8. The molecule has 0 radical (unpaired) electrons. The number of nitrogens with one attached hydrogen (secondary N) is 1. The molecule has 0 aromatic heterocycles. The van der Waals surface area contributed by atoms with E-state index in [1.54, 1.807) is 12.1 Å². The largest absolute Gasteiger partial charge is 0.480 e. The second-order valence-electron chi connectivity index (χ2n) is 5.07. The highest BCUT2D eigenvalue weighted by Crippen LogP contribution is 2.13. The van der Waals surface area contributed by atoms with Crippen LogP contribution < -0.4 is 5.32 Å². The number of hydrogen-bond acceptors (Lipinski definition) is 4. The number of amides is 1. The highest BCUT2D eigenvalue weighted by Gasteiger charge is 2.24. The molecule has 0 aliphatic heterocycles. The van der Waals surface area contributed by atoms with E-state index in [1.165, 1.54) is 11.8 Å². The number of carboxylic acid groups (broad SMARTS) is 1. The fraction of sp³-hybridized carbons (Fsp3) is 0.438. The van der Waals surface area contributed by atoms with Gasteiger partial charge in [0.15, 0.2) is 0 Å². The van der Waals surface area contributed by atoms with Gasteiger partial charge in [0.05, 0.1) is 17.4 Å². The summed E-state index contributed by atoms with van der Waals surface area (Å²) in [5, 5.41) is 20.4. The third-order valence-electron chi connectivity index (χ3n) is 3.38. The van der Waals surface area contributed by atoms with Crippen LogP contribution in [0.2, 0.25) is 0 Å². The third kappa shape index (κ3) is 5.78. The van der Waals surface area contributed by atoms with E-state index in [9.17, 15) is 9.59 Å². The third-order valence-corrected chi connectivity index (χ3v) is 4.38. The lowest BCUT2D eigenvalue weighted by molar-refractivity contribution is -0.143. The monoisotopic (exact) mass is 320 g/mol. The zero-order chi connectivity index (χ0) is 16.5. The van der Waals surface area contributed by atoms with Crippen molar-refractivity contribution in [1.82, 2.24) is 5.32 Å². The molecule has 1 aromatic carbocycles. The van der Waals surface area contributed by atoms with Crippen molar-refractivity contribution in [2.45, 2.75) is 32.1 Å². The molecule has 0 heterocycles. The van der Waals surface area contributed by atoms with Gasteiger partial charge in [0.25, 0.3) is 0 Å². The summed E-state index contributed by atoms with van der Waals surface area (Å²) < 4.78 is 0. The summed E-state index contributed by atoms with van der Waals surface area (Å²) in [4.78, 5) is 23.0. The molecule has 6 heteroatoms. The molecule has 0 saturated heterocycles. The summed E-state index contributed by atoms with van der Waals surface area (Å²) in [5.41, 5.74) is 1.62. The second-order valence-corrected chi connectivity index (χ2v) is 6.06. The molecule has 0 saturated carbocycles. The van der Waals surface area contributed by atoms with Gasteiger partial charge in [0, 0.05) is 5.75 Å². The summed E-state index contributed by atoms with van der Waals surface area (Å²) in [6.45, 7) is 3.70. The number of carboxylic acids is 1. The molecule has 118 valence electrons. The average molecular weight is 320 g/mol. The van der Waals surface area contributed by atoms with E-state index in [0.29, 0.717) is 17.7 Å². The van der Waals surface area contributed by atoms with Crippen LogP contribution in [0.5, 0.6) is 0 Å². The van der Waals surface area contributed by atoms with Crippen LogP contribution in [-0.4, -0.2) is 28.8 Å². The highest BCUT2D eigenvalue weighted by atomic mass is 32.2. The molecule has 0 aliphatic rings. The molecule has 2 atom stereocenters. The Bertz CT molecular complexity index is 552. The van der Waals surface area contributed by atoms with E-state index in [0.717, 1.165) is 5.56 Å². The molecular formula is C16H20N2O3S. The minimum absolute atomic E-state index is 0.107.